The molecule has 1 aromatic rings. The van der Waals surface area contributed by atoms with Gasteiger partial charge in [-0.15, -0.1) is 0 Å². The van der Waals surface area contributed by atoms with E-state index in [2.05, 4.69) is 12.2 Å². The van der Waals surface area contributed by atoms with E-state index in [1.807, 2.05) is 13.0 Å². The van der Waals surface area contributed by atoms with Crippen molar-refractivity contribution >= 4 is 29.1 Å². The molecular formula is C16H14ClNO2. The molecule has 4 heteroatoms. The second-order valence-electron chi connectivity index (χ2n) is 5.95. The van der Waals surface area contributed by atoms with Gasteiger partial charge in [-0.25, -0.2) is 4.90 Å². The summed E-state index contributed by atoms with van der Waals surface area (Å²) in [6.45, 7) is 1.90. The van der Waals surface area contributed by atoms with Gasteiger partial charge in [0.25, 0.3) is 0 Å². The Bertz CT molecular complexity index is 636. The molecule has 2 amide bonds. The Balaban J connectivity index is 1.76. The predicted molar refractivity (Wildman–Crippen MR) is 76.4 cm³/mol. The van der Waals surface area contributed by atoms with E-state index < -0.39 is 0 Å². The summed E-state index contributed by atoms with van der Waals surface area (Å²) >= 11 is 6.12. The van der Waals surface area contributed by atoms with E-state index in [4.69, 9.17) is 11.6 Å². The highest BCUT2D eigenvalue weighted by Crippen LogP contribution is 2.53. The van der Waals surface area contributed by atoms with Gasteiger partial charge in [-0.1, -0.05) is 29.8 Å². The van der Waals surface area contributed by atoms with Crippen LogP contribution in [0.2, 0.25) is 5.02 Å². The Hall–Kier alpha value is -1.61. The van der Waals surface area contributed by atoms with Crippen LogP contribution in [0.3, 0.4) is 0 Å². The predicted octanol–water partition coefficient (Wildman–Crippen LogP) is 2.96. The molecule has 2 fully saturated rings. The van der Waals surface area contributed by atoms with E-state index in [-0.39, 0.29) is 35.5 Å². The number of hydrogen-bond donors (Lipinski definition) is 0. The Morgan fingerprint density at radius 3 is 2.25 bits per heavy atom. The van der Waals surface area contributed by atoms with Crippen LogP contribution >= 0.6 is 11.6 Å². The Morgan fingerprint density at radius 1 is 1.10 bits per heavy atom. The largest absolute Gasteiger partial charge is 0.274 e. The van der Waals surface area contributed by atoms with Crippen LogP contribution in [0.4, 0.5) is 5.69 Å². The smallest absolute Gasteiger partial charge is 0.238 e. The summed E-state index contributed by atoms with van der Waals surface area (Å²) in [5, 5.41) is 0.584. The summed E-state index contributed by atoms with van der Waals surface area (Å²) in [6, 6.07) is 5.36. The van der Waals surface area contributed by atoms with Gasteiger partial charge in [-0.05, 0) is 42.9 Å². The Labute approximate surface area is 122 Å². The summed E-state index contributed by atoms with van der Waals surface area (Å²) in [7, 11) is 0. The molecule has 3 nitrogen and oxygen atoms in total. The van der Waals surface area contributed by atoms with Crippen LogP contribution in [0, 0.1) is 30.6 Å². The van der Waals surface area contributed by atoms with Crippen LogP contribution < -0.4 is 4.90 Å². The maximum Gasteiger partial charge on any atom is 0.238 e. The van der Waals surface area contributed by atoms with Crippen LogP contribution in [0.15, 0.2) is 30.4 Å². The SMILES string of the molecule is Cc1ccc(N2C(=O)[C@@H]3[C@H](C2=O)[C@@H]2C=C[C@H]3C2)cc1Cl. The number of benzene rings is 1. The molecule has 0 aromatic heterocycles. The minimum atomic E-state index is -0.155. The number of nitrogens with zero attached hydrogens (tertiary/aromatic N) is 1. The first kappa shape index (κ1) is 12.2. The molecule has 2 aliphatic carbocycles. The standard InChI is InChI=1S/C16H14ClNO2/c1-8-2-5-11(7-12(8)17)18-15(19)13-9-3-4-10(6-9)14(13)16(18)20/h2-5,7,9-10,13-14H,6H2,1H3/t9-,10+,13-,14+. The molecule has 4 rings (SSSR count). The second-order valence-corrected chi connectivity index (χ2v) is 6.35. The average Bonchev–Trinajstić information content (AvgIpc) is 3.08. The Morgan fingerprint density at radius 2 is 1.70 bits per heavy atom. The van der Waals surface area contributed by atoms with Gasteiger partial charge in [0.05, 0.1) is 17.5 Å². The van der Waals surface area contributed by atoms with Crippen LogP contribution in [0.1, 0.15) is 12.0 Å². The van der Waals surface area contributed by atoms with Crippen molar-refractivity contribution in [2.75, 3.05) is 4.90 Å². The van der Waals surface area contributed by atoms with E-state index in [0.717, 1.165) is 12.0 Å². The number of aryl methyl sites for hydroxylation is 1. The molecule has 1 aliphatic heterocycles. The van der Waals surface area contributed by atoms with Crippen molar-refractivity contribution in [3.63, 3.8) is 0 Å². The van der Waals surface area contributed by atoms with Gasteiger partial charge in [0.15, 0.2) is 0 Å². The zero-order valence-corrected chi connectivity index (χ0v) is 11.8. The number of amides is 2. The number of carbonyl (C=O) groups excluding carboxylic acids is 2. The van der Waals surface area contributed by atoms with E-state index in [0.29, 0.717) is 10.7 Å². The van der Waals surface area contributed by atoms with E-state index in [1.54, 1.807) is 12.1 Å². The van der Waals surface area contributed by atoms with Crippen LogP contribution in [0.25, 0.3) is 0 Å². The molecule has 1 saturated carbocycles. The number of fused-ring (bicyclic) bond motifs is 5. The molecule has 1 saturated heterocycles. The van der Waals surface area contributed by atoms with E-state index in [9.17, 15) is 9.59 Å². The number of carbonyl (C=O) groups is 2. The molecule has 102 valence electrons. The zero-order valence-electron chi connectivity index (χ0n) is 11.0. The third-order valence-corrected chi connectivity index (χ3v) is 5.29. The second kappa shape index (κ2) is 3.95. The van der Waals surface area contributed by atoms with Gasteiger partial charge in [-0.2, -0.15) is 0 Å². The highest BCUT2D eigenvalue weighted by Gasteiger charge is 2.59. The van der Waals surface area contributed by atoms with Gasteiger partial charge in [0.2, 0.25) is 11.8 Å². The molecule has 2 bridgehead atoms. The molecule has 0 radical (unpaired) electrons. The lowest BCUT2D eigenvalue weighted by molar-refractivity contribution is -0.123. The highest BCUT2D eigenvalue weighted by atomic mass is 35.5. The normalized spacial score (nSPS) is 34.2. The summed E-state index contributed by atoms with van der Waals surface area (Å²) < 4.78 is 0. The van der Waals surface area contributed by atoms with Crippen LogP contribution in [-0.4, -0.2) is 11.8 Å². The van der Waals surface area contributed by atoms with Gasteiger partial charge in [0.1, 0.15) is 0 Å². The number of anilines is 1. The monoisotopic (exact) mass is 287 g/mol. The maximum atomic E-state index is 12.6. The van der Waals surface area contributed by atoms with Gasteiger partial charge < -0.3 is 0 Å². The molecule has 20 heavy (non-hydrogen) atoms. The lowest BCUT2D eigenvalue weighted by atomic mass is 9.85. The minimum absolute atomic E-state index is 0.0585. The van der Waals surface area contributed by atoms with Gasteiger partial charge >= 0.3 is 0 Å². The lowest BCUT2D eigenvalue weighted by Crippen LogP contribution is -2.32. The first-order chi connectivity index (χ1) is 9.58. The highest BCUT2D eigenvalue weighted by molar-refractivity contribution is 6.32. The maximum absolute atomic E-state index is 12.6. The fourth-order valence-electron chi connectivity index (χ4n) is 3.88. The van der Waals surface area contributed by atoms with Crippen molar-refractivity contribution in [1.29, 1.82) is 0 Å². The fraction of sp³-hybridized carbons (Fsp3) is 0.375. The molecule has 0 spiro atoms. The van der Waals surface area contributed by atoms with Crippen molar-refractivity contribution in [2.45, 2.75) is 13.3 Å². The van der Waals surface area contributed by atoms with E-state index in [1.165, 1.54) is 4.90 Å². The summed E-state index contributed by atoms with van der Waals surface area (Å²) in [6.07, 6.45) is 5.15. The zero-order chi connectivity index (χ0) is 14.0. The molecule has 4 atom stereocenters. The quantitative estimate of drug-likeness (QED) is 0.588. The van der Waals surface area contributed by atoms with Crippen molar-refractivity contribution in [3.05, 3.63) is 40.9 Å². The summed E-state index contributed by atoms with van der Waals surface area (Å²) in [5.41, 5.74) is 1.54. The summed E-state index contributed by atoms with van der Waals surface area (Å²) in [4.78, 5) is 26.6. The minimum Gasteiger partial charge on any atom is -0.274 e. The van der Waals surface area contributed by atoms with Crippen molar-refractivity contribution in [2.24, 2.45) is 23.7 Å². The number of imide groups is 1. The van der Waals surface area contributed by atoms with Gasteiger partial charge in [-0.3, -0.25) is 9.59 Å². The molecular weight excluding hydrogens is 274 g/mol. The number of halogens is 1. The van der Waals surface area contributed by atoms with E-state index >= 15 is 0 Å². The van der Waals surface area contributed by atoms with Crippen molar-refractivity contribution < 1.29 is 9.59 Å². The van der Waals surface area contributed by atoms with Crippen LogP contribution in [0.5, 0.6) is 0 Å². The fourth-order valence-corrected chi connectivity index (χ4v) is 4.05. The number of rotatable bonds is 1. The third-order valence-electron chi connectivity index (χ3n) is 4.88. The van der Waals surface area contributed by atoms with Crippen LogP contribution in [-0.2, 0) is 9.59 Å². The first-order valence-corrected chi connectivity index (χ1v) is 7.28. The number of hydrogen-bond acceptors (Lipinski definition) is 2. The van der Waals surface area contributed by atoms with Crippen molar-refractivity contribution in [1.82, 2.24) is 0 Å². The average molecular weight is 288 g/mol. The topological polar surface area (TPSA) is 37.4 Å². The Kier molecular flexibility index (Phi) is 2.40. The first-order valence-electron chi connectivity index (χ1n) is 6.90. The molecule has 3 aliphatic rings. The molecule has 1 aromatic carbocycles. The molecule has 0 unspecified atom stereocenters. The third kappa shape index (κ3) is 1.41. The van der Waals surface area contributed by atoms with Crippen molar-refractivity contribution in [3.8, 4) is 0 Å². The lowest BCUT2D eigenvalue weighted by Gasteiger charge is -2.17. The molecule has 1 heterocycles. The van der Waals surface area contributed by atoms with Gasteiger partial charge in [0, 0.05) is 5.02 Å². The number of allylic oxidation sites excluding steroid dienone is 2. The summed E-state index contributed by atoms with van der Waals surface area (Å²) in [5.74, 6) is 0.0587. The molecule has 0 N–H and O–H groups in total.